The molecule has 0 aliphatic carbocycles. The summed E-state index contributed by atoms with van der Waals surface area (Å²) < 4.78 is 2.15. The molecule has 2 heteroatoms. The van der Waals surface area contributed by atoms with E-state index in [9.17, 15) is 0 Å². The van der Waals surface area contributed by atoms with Crippen molar-refractivity contribution in [3.63, 3.8) is 0 Å². The van der Waals surface area contributed by atoms with Gasteiger partial charge in [-0.1, -0.05) is 26.7 Å². The van der Waals surface area contributed by atoms with E-state index in [2.05, 4.69) is 30.4 Å². The molecule has 0 amide bonds. The molecule has 74 valence electrons. The van der Waals surface area contributed by atoms with Gasteiger partial charge in [0, 0.05) is 24.9 Å². The van der Waals surface area contributed by atoms with Gasteiger partial charge in [-0.15, -0.1) is 0 Å². The first kappa shape index (κ1) is 10.3. The molecule has 13 heavy (non-hydrogen) atoms. The van der Waals surface area contributed by atoms with Gasteiger partial charge in [-0.25, -0.2) is 4.98 Å². The van der Waals surface area contributed by atoms with E-state index in [1.54, 1.807) is 0 Å². The maximum absolute atomic E-state index is 4.17. The zero-order chi connectivity index (χ0) is 9.68. The average Bonchev–Trinajstić information content (AvgIpc) is 2.51. The van der Waals surface area contributed by atoms with Crippen LogP contribution in [0.25, 0.3) is 0 Å². The largest absolute Gasteiger partial charge is 0.337 e. The van der Waals surface area contributed by atoms with Crippen LogP contribution in [-0.4, -0.2) is 9.55 Å². The molecule has 0 unspecified atom stereocenters. The van der Waals surface area contributed by atoms with E-state index in [0.717, 1.165) is 0 Å². The van der Waals surface area contributed by atoms with E-state index < -0.39 is 0 Å². The second-order valence-corrected chi connectivity index (χ2v) is 3.70. The predicted molar refractivity (Wildman–Crippen MR) is 55.8 cm³/mol. The number of aromatic nitrogens is 2. The minimum atomic E-state index is 0.711. The van der Waals surface area contributed by atoms with Crippen molar-refractivity contribution >= 4 is 0 Å². The van der Waals surface area contributed by atoms with Gasteiger partial charge >= 0.3 is 0 Å². The van der Waals surface area contributed by atoms with Crippen LogP contribution in [0.4, 0.5) is 0 Å². The van der Waals surface area contributed by atoms with E-state index >= 15 is 0 Å². The SMILES string of the molecule is CCCC(CCC)c1cncn1C. The van der Waals surface area contributed by atoms with Crippen LogP contribution in [0, 0.1) is 0 Å². The van der Waals surface area contributed by atoms with Crippen molar-refractivity contribution in [1.29, 1.82) is 0 Å². The molecular weight excluding hydrogens is 160 g/mol. The highest BCUT2D eigenvalue weighted by Gasteiger charge is 2.12. The van der Waals surface area contributed by atoms with E-state index in [4.69, 9.17) is 0 Å². The predicted octanol–water partition coefficient (Wildman–Crippen LogP) is 3.10. The molecule has 0 atom stereocenters. The van der Waals surface area contributed by atoms with Gasteiger partial charge in [-0.3, -0.25) is 0 Å². The summed E-state index contributed by atoms with van der Waals surface area (Å²) in [6.45, 7) is 4.50. The first-order valence-corrected chi connectivity index (χ1v) is 5.25. The maximum atomic E-state index is 4.17. The van der Waals surface area contributed by atoms with Crippen molar-refractivity contribution in [1.82, 2.24) is 9.55 Å². The molecule has 0 spiro atoms. The number of hydrogen-bond donors (Lipinski definition) is 0. The normalized spacial score (nSPS) is 11.1. The highest BCUT2D eigenvalue weighted by Crippen LogP contribution is 2.25. The van der Waals surface area contributed by atoms with Crippen LogP contribution in [0.2, 0.25) is 0 Å². The van der Waals surface area contributed by atoms with Crippen LogP contribution < -0.4 is 0 Å². The summed E-state index contributed by atoms with van der Waals surface area (Å²) in [7, 11) is 2.08. The molecule has 1 aromatic heterocycles. The lowest BCUT2D eigenvalue weighted by molar-refractivity contribution is 0.532. The Bertz CT molecular complexity index is 234. The molecule has 1 aromatic rings. The minimum absolute atomic E-state index is 0.711. The molecule has 0 aliphatic rings. The van der Waals surface area contributed by atoms with Gasteiger partial charge in [0.05, 0.1) is 6.33 Å². The monoisotopic (exact) mass is 180 g/mol. The summed E-state index contributed by atoms with van der Waals surface area (Å²) in [5.74, 6) is 0.711. The smallest absolute Gasteiger partial charge is 0.0945 e. The number of hydrogen-bond acceptors (Lipinski definition) is 1. The Balaban J connectivity index is 2.69. The van der Waals surface area contributed by atoms with Crippen molar-refractivity contribution in [2.75, 3.05) is 0 Å². The molecule has 0 aliphatic heterocycles. The zero-order valence-corrected chi connectivity index (χ0v) is 8.95. The van der Waals surface area contributed by atoms with Gasteiger partial charge in [0.1, 0.15) is 0 Å². The van der Waals surface area contributed by atoms with E-state index in [0.29, 0.717) is 5.92 Å². The molecule has 0 aromatic carbocycles. The van der Waals surface area contributed by atoms with Crippen LogP contribution >= 0.6 is 0 Å². The van der Waals surface area contributed by atoms with E-state index in [1.807, 2.05) is 12.5 Å². The number of nitrogens with zero attached hydrogens (tertiary/aromatic N) is 2. The highest BCUT2D eigenvalue weighted by atomic mass is 15.0. The Morgan fingerprint density at radius 2 is 1.92 bits per heavy atom. The molecule has 0 fully saturated rings. The Hall–Kier alpha value is -0.790. The Morgan fingerprint density at radius 1 is 1.31 bits per heavy atom. The van der Waals surface area contributed by atoms with Crippen molar-refractivity contribution in [3.05, 3.63) is 18.2 Å². The summed E-state index contributed by atoms with van der Waals surface area (Å²) in [5, 5.41) is 0. The van der Waals surface area contributed by atoms with Crippen molar-refractivity contribution in [2.45, 2.75) is 45.4 Å². The minimum Gasteiger partial charge on any atom is -0.337 e. The summed E-state index contributed by atoms with van der Waals surface area (Å²) in [4.78, 5) is 4.17. The molecule has 0 saturated carbocycles. The van der Waals surface area contributed by atoms with Crippen LogP contribution in [0.5, 0.6) is 0 Å². The third-order valence-corrected chi connectivity index (χ3v) is 2.55. The fourth-order valence-electron chi connectivity index (χ4n) is 1.90. The lowest BCUT2D eigenvalue weighted by atomic mass is 9.95. The van der Waals surface area contributed by atoms with Crippen LogP contribution in [-0.2, 0) is 7.05 Å². The van der Waals surface area contributed by atoms with Gasteiger partial charge in [-0.05, 0) is 12.8 Å². The lowest BCUT2D eigenvalue weighted by Crippen LogP contribution is -2.03. The van der Waals surface area contributed by atoms with Gasteiger partial charge in [0.15, 0.2) is 0 Å². The van der Waals surface area contributed by atoms with Gasteiger partial charge in [0.2, 0.25) is 0 Å². The average molecular weight is 180 g/mol. The second kappa shape index (κ2) is 5.05. The first-order chi connectivity index (χ1) is 6.29. The molecule has 2 nitrogen and oxygen atoms in total. The molecule has 0 saturated heterocycles. The van der Waals surface area contributed by atoms with Crippen molar-refractivity contribution in [3.8, 4) is 0 Å². The zero-order valence-electron chi connectivity index (χ0n) is 8.95. The quantitative estimate of drug-likeness (QED) is 0.680. The summed E-state index contributed by atoms with van der Waals surface area (Å²) in [6, 6.07) is 0. The molecule has 1 rings (SSSR count). The fourth-order valence-corrected chi connectivity index (χ4v) is 1.90. The molecule has 0 N–H and O–H groups in total. The molecule has 0 radical (unpaired) electrons. The molecular formula is C11H20N2. The van der Waals surface area contributed by atoms with Crippen LogP contribution in [0.15, 0.2) is 12.5 Å². The molecule has 0 bridgehead atoms. The first-order valence-electron chi connectivity index (χ1n) is 5.25. The van der Waals surface area contributed by atoms with Gasteiger partial charge in [-0.2, -0.15) is 0 Å². The second-order valence-electron chi connectivity index (χ2n) is 3.70. The van der Waals surface area contributed by atoms with Crippen molar-refractivity contribution in [2.24, 2.45) is 7.05 Å². The lowest BCUT2D eigenvalue weighted by Gasteiger charge is -2.15. The van der Waals surface area contributed by atoms with Crippen molar-refractivity contribution < 1.29 is 0 Å². The third kappa shape index (κ3) is 2.58. The fraction of sp³-hybridized carbons (Fsp3) is 0.727. The number of aryl methyl sites for hydroxylation is 1. The summed E-state index contributed by atoms with van der Waals surface area (Å²) >= 11 is 0. The highest BCUT2D eigenvalue weighted by molar-refractivity contribution is 5.05. The Labute approximate surface area is 81.0 Å². The standard InChI is InChI=1S/C11H20N2/c1-4-6-10(7-5-2)11-8-12-9-13(11)3/h8-10H,4-7H2,1-3H3. The van der Waals surface area contributed by atoms with E-state index in [1.165, 1.54) is 31.4 Å². The van der Waals surface area contributed by atoms with Gasteiger partial charge in [0.25, 0.3) is 0 Å². The third-order valence-electron chi connectivity index (χ3n) is 2.55. The number of rotatable bonds is 5. The Morgan fingerprint density at radius 3 is 2.31 bits per heavy atom. The van der Waals surface area contributed by atoms with Crippen LogP contribution in [0.3, 0.4) is 0 Å². The molecule has 1 heterocycles. The van der Waals surface area contributed by atoms with Crippen LogP contribution in [0.1, 0.15) is 51.1 Å². The van der Waals surface area contributed by atoms with Gasteiger partial charge < -0.3 is 4.57 Å². The van der Waals surface area contributed by atoms with E-state index in [-0.39, 0.29) is 0 Å². The summed E-state index contributed by atoms with van der Waals surface area (Å²) in [5.41, 5.74) is 1.39. The maximum Gasteiger partial charge on any atom is 0.0945 e. The summed E-state index contributed by atoms with van der Waals surface area (Å²) in [6.07, 6.45) is 9.00. The Kier molecular flexibility index (Phi) is 4.00. The topological polar surface area (TPSA) is 17.8 Å². The number of imidazole rings is 1.